The Labute approximate surface area is 161 Å². The molecule has 1 atom stereocenters. The normalized spacial score (nSPS) is 11.7. The van der Waals surface area contributed by atoms with Crippen molar-refractivity contribution in [3.63, 3.8) is 0 Å². The number of aromatic nitrogens is 1. The number of nitrogens with one attached hydrogen (secondary N) is 1. The van der Waals surface area contributed by atoms with Gasteiger partial charge in [0, 0.05) is 6.07 Å². The van der Waals surface area contributed by atoms with E-state index in [1.54, 1.807) is 37.3 Å². The Balaban J connectivity index is 1.72. The molecule has 0 aliphatic carbocycles. The van der Waals surface area contributed by atoms with Crippen molar-refractivity contribution in [2.75, 3.05) is 19.5 Å². The largest absolute Gasteiger partial charge is 0.497 e. The van der Waals surface area contributed by atoms with Crippen LogP contribution in [0.3, 0.4) is 0 Å². The molecule has 146 valence electrons. The van der Waals surface area contributed by atoms with Gasteiger partial charge in [-0.1, -0.05) is 6.92 Å². The minimum atomic E-state index is -0.968. The predicted octanol–water partition coefficient (Wildman–Crippen LogP) is 3.42. The quantitative estimate of drug-likeness (QED) is 0.623. The number of methoxy groups -OCH3 is 2. The molecule has 2 aromatic carbocycles. The molecule has 28 heavy (non-hydrogen) atoms. The molecule has 1 aromatic heterocycles. The number of oxazole rings is 1. The van der Waals surface area contributed by atoms with E-state index in [-0.39, 0.29) is 5.56 Å². The molecule has 3 aromatic rings. The van der Waals surface area contributed by atoms with E-state index in [0.29, 0.717) is 34.7 Å². The zero-order chi connectivity index (χ0) is 20.1. The Morgan fingerprint density at radius 2 is 1.96 bits per heavy atom. The summed E-state index contributed by atoms with van der Waals surface area (Å²) in [7, 11) is 3.02. The van der Waals surface area contributed by atoms with Crippen molar-refractivity contribution in [3.05, 3.63) is 48.4 Å². The fraction of sp³-hybridized carbons (Fsp3) is 0.250. The minimum absolute atomic E-state index is 0.275. The highest BCUT2D eigenvalue weighted by atomic mass is 16.5. The highest BCUT2D eigenvalue weighted by Gasteiger charge is 2.23. The van der Waals surface area contributed by atoms with E-state index in [1.807, 2.05) is 0 Å². The number of amides is 1. The molecule has 0 saturated heterocycles. The molecule has 0 radical (unpaired) electrons. The van der Waals surface area contributed by atoms with Crippen molar-refractivity contribution in [2.24, 2.45) is 0 Å². The lowest BCUT2D eigenvalue weighted by atomic mass is 10.2. The van der Waals surface area contributed by atoms with Crippen molar-refractivity contribution < 1.29 is 28.2 Å². The van der Waals surface area contributed by atoms with Crippen LogP contribution in [0.25, 0.3) is 11.1 Å². The second kappa shape index (κ2) is 8.43. The third-order valence-electron chi connectivity index (χ3n) is 4.15. The molecule has 0 fully saturated rings. The first-order valence-corrected chi connectivity index (χ1v) is 8.62. The van der Waals surface area contributed by atoms with Crippen LogP contribution in [0.4, 0.5) is 5.69 Å². The van der Waals surface area contributed by atoms with Gasteiger partial charge in [-0.3, -0.25) is 4.79 Å². The first-order valence-electron chi connectivity index (χ1n) is 8.62. The van der Waals surface area contributed by atoms with E-state index in [0.717, 1.165) is 0 Å². The fourth-order valence-electron chi connectivity index (χ4n) is 2.62. The molecule has 8 nitrogen and oxygen atoms in total. The number of carbonyl (C=O) groups is 2. The lowest BCUT2D eigenvalue weighted by Gasteiger charge is -2.17. The maximum absolute atomic E-state index is 12.6. The Morgan fingerprint density at radius 1 is 1.14 bits per heavy atom. The third kappa shape index (κ3) is 4.06. The van der Waals surface area contributed by atoms with Crippen molar-refractivity contribution in [2.45, 2.75) is 19.4 Å². The number of benzene rings is 2. The number of rotatable bonds is 7. The molecule has 0 aliphatic heterocycles. The summed E-state index contributed by atoms with van der Waals surface area (Å²) in [6.45, 7) is 1.75. The molecular formula is C20H20N2O6. The third-order valence-corrected chi connectivity index (χ3v) is 4.15. The zero-order valence-electron chi connectivity index (χ0n) is 15.7. The van der Waals surface area contributed by atoms with Gasteiger partial charge in [-0.05, 0) is 36.8 Å². The molecule has 0 saturated carbocycles. The summed E-state index contributed by atoms with van der Waals surface area (Å²) in [6.07, 6.45) is 0.634. The maximum atomic E-state index is 12.6. The lowest BCUT2D eigenvalue weighted by Crippen LogP contribution is -2.32. The minimum Gasteiger partial charge on any atom is -0.497 e. The summed E-state index contributed by atoms with van der Waals surface area (Å²) >= 11 is 0. The van der Waals surface area contributed by atoms with Gasteiger partial charge in [0.25, 0.3) is 5.91 Å². The fourth-order valence-corrected chi connectivity index (χ4v) is 2.62. The van der Waals surface area contributed by atoms with Crippen LogP contribution in [0.2, 0.25) is 0 Å². The highest BCUT2D eigenvalue weighted by Crippen LogP contribution is 2.29. The van der Waals surface area contributed by atoms with Gasteiger partial charge < -0.3 is 23.9 Å². The summed E-state index contributed by atoms with van der Waals surface area (Å²) in [5.41, 5.74) is 1.83. The van der Waals surface area contributed by atoms with Crippen LogP contribution in [0.5, 0.6) is 11.5 Å². The number of ether oxygens (including phenoxy) is 3. The van der Waals surface area contributed by atoms with Crippen LogP contribution in [0.15, 0.2) is 47.2 Å². The van der Waals surface area contributed by atoms with Crippen LogP contribution in [0, 0.1) is 0 Å². The van der Waals surface area contributed by atoms with Gasteiger partial charge in [-0.2, -0.15) is 0 Å². The van der Waals surface area contributed by atoms with Gasteiger partial charge in [0.2, 0.25) is 0 Å². The monoisotopic (exact) mass is 384 g/mol. The lowest BCUT2D eigenvalue weighted by molar-refractivity contribution is -0.124. The van der Waals surface area contributed by atoms with Crippen LogP contribution in [-0.4, -0.2) is 37.2 Å². The Kier molecular flexibility index (Phi) is 5.78. The smallest absolute Gasteiger partial charge is 0.339 e. The zero-order valence-corrected chi connectivity index (χ0v) is 15.7. The highest BCUT2D eigenvalue weighted by molar-refractivity contribution is 5.99. The van der Waals surface area contributed by atoms with Crippen LogP contribution in [0.1, 0.15) is 23.7 Å². The molecular weight excluding hydrogens is 364 g/mol. The van der Waals surface area contributed by atoms with Gasteiger partial charge in [-0.25, -0.2) is 9.78 Å². The van der Waals surface area contributed by atoms with Crippen molar-refractivity contribution >= 4 is 28.7 Å². The maximum Gasteiger partial charge on any atom is 0.339 e. The Bertz CT molecular complexity index is 997. The molecule has 1 unspecified atom stereocenters. The van der Waals surface area contributed by atoms with E-state index in [9.17, 15) is 9.59 Å². The molecule has 1 N–H and O–H groups in total. The number of hydrogen-bond acceptors (Lipinski definition) is 7. The standard InChI is InChI=1S/C20H20N2O6/c1-4-16(19(23)22-15-8-6-13(25-2)10-17(15)26-3)28-20(24)12-5-7-14-18(9-12)27-11-21-14/h5-11,16H,4H2,1-3H3,(H,22,23). The van der Waals surface area contributed by atoms with Crippen LogP contribution < -0.4 is 14.8 Å². The average molecular weight is 384 g/mol. The first-order chi connectivity index (χ1) is 13.5. The second-order valence-corrected chi connectivity index (χ2v) is 5.89. The molecule has 0 aliphatic rings. The van der Waals surface area contributed by atoms with E-state index >= 15 is 0 Å². The number of nitrogens with zero attached hydrogens (tertiary/aromatic N) is 1. The summed E-state index contributed by atoms with van der Waals surface area (Å²) < 4.78 is 21.0. The number of anilines is 1. The molecule has 8 heteroatoms. The molecule has 3 rings (SSSR count). The topological polar surface area (TPSA) is 99.9 Å². The van der Waals surface area contributed by atoms with Crippen molar-refractivity contribution in [1.29, 1.82) is 0 Å². The molecule has 0 bridgehead atoms. The molecule has 0 spiro atoms. The van der Waals surface area contributed by atoms with Crippen LogP contribution in [-0.2, 0) is 9.53 Å². The summed E-state index contributed by atoms with van der Waals surface area (Å²) in [5, 5.41) is 2.72. The van der Waals surface area contributed by atoms with Crippen molar-refractivity contribution in [3.8, 4) is 11.5 Å². The number of carbonyl (C=O) groups excluding carboxylic acids is 2. The SMILES string of the molecule is CCC(OC(=O)c1ccc2ncoc2c1)C(=O)Nc1ccc(OC)cc1OC. The van der Waals surface area contributed by atoms with E-state index in [2.05, 4.69) is 10.3 Å². The number of fused-ring (bicyclic) bond motifs is 1. The Hall–Kier alpha value is -3.55. The number of esters is 1. The summed E-state index contributed by atoms with van der Waals surface area (Å²) in [6, 6.07) is 9.75. The van der Waals surface area contributed by atoms with E-state index in [4.69, 9.17) is 18.6 Å². The van der Waals surface area contributed by atoms with Gasteiger partial charge in [0.1, 0.15) is 17.0 Å². The summed E-state index contributed by atoms with van der Waals surface area (Å²) in [5.74, 6) is -0.0529. The van der Waals surface area contributed by atoms with Crippen molar-refractivity contribution in [1.82, 2.24) is 4.98 Å². The predicted molar refractivity (Wildman–Crippen MR) is 102 cm³/mol. The van der Waals surface area contributed by atoms with Gasteiger partial charge in [0.15, 0.2) is 18.1 Å². The number of hydrogen-bond donors (Lipinski definition) is 1. The van der Waals surface area contributed by atoms with E-state index < -0.39 is 18.0 Å². The first kappa shape index (κ1) is 19.2. The van der Waals surface area contributed by atoms with E-state index in [1.165, 1.54) is 26.7 Å². The second-order valence-electron chi connectivity index (χ2n) is 5.89. The average Bonchev–Trinajstić information content (AvgIpc) is 3.19. The summed E-state index contributed by atoms with van der Waals surface area (Å²) in [4.78, 5) is 29.0. The van der Waals surface area contributed by atoms with Crippen LogP contribution >= 0.6 is 0 Å². The molecule has 1 heterocycles. The van der Waals surface area contributed by atoms with Gasteiger partial charge in [0.05, 0.1) is 25.5 Å². The molecule has 1 amide bonds. The van der Waals surface area contributed by atoms with Gasteiger partial charge in [-0.15, -0.1) is 0 Å². The van der Waals surface area contributed by atoms with Gasteiger partial charge >= 0.3 is 5.97 Å². The Morgan fingerprint density at radius 3 is 2.68 bits per heavy atom.